The van der Waals surface area contributed by atoms with Gasteiger partial charge in [0.15, 0.2) is 0 Å². The standard InChI is InChI=1S/C18H22N4.C7H8O3S/c19-10-15-5-3-14(4-6-15)8-16-9-17(21-12-16)13-22-7-1-2-18(22)11-20;1-6-2-4-7(5-3-6)11(8,9)10/h3-6,16-18,21H,1-2,7-9,12-13H2;2-5H,1H3,(H,8,9,10)/t16-,17-,18-;/m0./s1. The molecular formula is C25H30N4O3S. The van der Waals surface area contributed by atoms with Gasteiger partial charge in [0.2, 0.25) is 0 Å². The highest BCUT2D eigenvalue weighted by molar-refractivity contribution is 7.85. The highest BCUT2D eigenvalue weighted by Crippen LogP contribution is 2.23. The van der Waals surface area contributed by atoms with E-state index in [4.69, 9.17) is 15.1 Å². The first-order valence-corrected chi connectivity index (χ1v) is 12.6. The molecule has 2 aliphatic heterocycles. The summed E-state index contributed by atoms with van der Waals surface area (Å²) in [6, 6.07) is 19.1. The van der Waals surface area contributed by atoms with E-state index in [1.54, 1.807) is 12.1 Å². The average Bonchev–Trinajstić information content (AvgIpc) is 3.43. The Labute approximate surface area is 196 Å². The maximum absolute atomic E-state index is 10.5. The van der Waals surface area contributed by atoms with Crippen molar-refractivity contribution in [3.8, 4) is 12.1 Å². The Kier molecular flexibility index (Phi) is 8.60. The number of nitrogens with one attached hydrogen (secondary N) is 1. The monoisotopic (exact) mass is 466 g/mol. The minimum absolute atomic E-state index is 0.0666. The van der Waals surface area contributed by atoms with E-state index in [2.05, 4.69) is 34.5 Å². The largest absolute Gasteiger partial charge is 0.312 e. The average molecular weight is 467 g/mol. The minimum Gasteiger partial charge on any atom is -0.312 e. The number of hydrogen-bond donors (Lipinski definition) is 2. The lowest BCUT2D eigenvalue weighted by atomic mass is 9.96. The molecule has 0 aliphatic carbocycles. The summed E-state index contributed by atoms with van der Waals surface area (Å²) in [5, 5.41) is 21.6. The van der Waals surface area contributed by atoms with E-state index in [9.17, 15) is 8.42 Å². The van der Waals surface area contributed by atoms with E-state index >= 15 is 0 Å². The second-order valence-corrected chi connectivity index (χ2v) is 10.2. The highest BCUT2D eigenvalue weighted by Gasteiger charge is 2.30. The normalized spacial score (nSPS) is 22.7. The number of rotatable bonds is 5. The van der Waals surface area contributed by atoms with Gasteiger partial charge in [-0.1, -0.05) is 29.8 Å². The summed E-state index contributed by atoms with van der Waals surface area (Å²) in [7, 11) is -4.02. The predicted molar refractivity (Wildman–Crippen MR) is 126 cm³/mol. The summed E-state index contributed by atoms with van der Waals surface area (Å²) in [6.45, 7) is 4.96. The molecule has 0 aromatic heterocycles. The zero-order valence-corrected chi connectivity index (χ0v) is 19.6. The van der Waals surface area contributed by atoms with Gasteiger partial charge in [0.25, 0.3) is 10.1 Å². The fourth-order valence-electron chi connectivity index (χ4n) is 4.43. The number of aryl methyl sites for hydroxylation is 1. The topological polar surface area (TPSA) is 117 Å². The van der Waals surface area contributed by atoms with Crippen molar-refractivity contribution < 1.29 is 13.0 Å². The summed E-state index contributed by atoms with van der Waals surface area (Å²) in [5.41, 5.74) is 2.99. The molecule has 0 unspecified atom stereocenters. The lowest BCUT2D eigenvalue weighted by Gasteiger charge is -2.23. The summed E-state index contributed by atoms with van der Waals surface area (Å²) < 4.78 is 29.6. The summed E-state index contributed by atoms with van der Waals surface area (Å²) in [6.07, 6.45) is 4.42. The number of benzene rings is 2. The van der Waals surface area contributed by atoms with Crippen molar-refractivity contribution in [3.63, 3.8) is 0 Å². The van der Waals surface area contributed by atoms with Gasteiger partial charge in [-0.05, 0) is 81.4 Å². The first-order valence-electron chi connectivity index (χ1n) is 11.2. The smallest absolute Gasteiger partial charge is 0.294 e. The Hall–Kier alpha value is -2.75. The van der Waals surface area contributed by atoms with Crippen LogP contribution in [-0.4, -0.2) is 49.6 Å². The van der Waals surface area contributed by atoms with Crippen molar-refractivity contribution in [1.29, 1.82) is 10.5 Å². The van der Waals surface area contributed by atoms with Crippen molar-refractivity contribution in [2.24, 2.45) is 5.92 Å². The van der Waals surface area contributed by atoms with Crippen LogP contribution < -0.4 is 5.32 Å². The van der Waals surface area contributed by atoms with Gasteiger partial charge < -0.3 is 5.32 Å². The SMILES string of the molecule is Cc1ccc(S(=O)(=O)O)cc1.N#Cc1ccc(C[C@@H]2CN[C@H](CN3CCC[C@H]3C#N)C2)cc1. The first kappa shape index (κ1) is 24.9. The molecule has 2 aromatic carbocycles. The van der Waals surface area contributed by atoms with Gasteiger partial charge in [0, 0.05) is 12.6 Å². The second-order valence-electron chi connectivity index (χ2n) is 8.79. The van der Waals surface area contributed by atoms with Crippen LogP contribution in [0.1, 0.15) is 36.0 Å². The molecule has 0 amide bonds. The Balaban J connectivity index is 0.000000235. The molecular weight excluding hydrogens is 436 g/mol. The maximum Gasteiger partial charge on any atom is 0.294 e. The van der Waals surface area contributed by atoms with Crippen LogP contribution in [0.5, 0.6) is 0 Å². The van der Waals surface area contributed by atoms with E-state index in [-0.39, 0.29) is 10.9 Å². The lowest BCUT2D eigenvalue weighted by Crippen LogP contribution is -2.39. The van der Waals surface area contributed by atoms with Gasteiger partial charge >= 0.3 is 0 Å². The fourth-order valence-corrected chi connectivity index (χ4v) is 4.91. The molecule has 2 heterocycles. The number of hydrogen-bond acceptors (Lipinski definition) is 6. The van der Waals surface area contributed by atoms with E-state index < -0.39 is 10.1 Å². The van der Waals surface area contributed by atoms with Crippen molar-refractivity contribution in [2.45, 2.75) is 49.6 Å². The third-order valence-electron chi connectivity index (χ3n) is 6.21. The predicted octanol–water partition coefficient (Wildman–Crippen LogP) is 3.31. The van der Waals surface area contributed by atoms with Gasteiger partial charge in [-0.15, -0.1) is 0 Å². The van der Waals surface area contributed by atoms with Crippen LogP contribution in [0.15, 0.2) is 53.4 Å². The van der Waals surface area contributed by atoms with Gasteiger partial charge in [-0.25, -0.2) is 0 Å². The van der Waals surface area contributed by atoms with E-state index in [1.165, 1.54) is 24.1 Å². The molecule has 7 nitrogen and oxygen atoms in total. The van der Waals surface area contributed by atoms with Gasteiger partial charge in [-0.2, -0.15) is 18.9 Å². The minimum atomic E-state index is -4.02. The van der Waals surface area contributed by atoms with Crippen LogP contribution in [0.4, 0.5) is 0 Å². The maximum atomic E-state index is 10.5. The van der Waals surface area contributed by atoms with Crippen molar-refractivity contribution in [1.82, 2.24) is 10.2 Å². The molecule has 2 aromatic rings. The lowest BCUT2D eigenvalue weighted by molar-refractivity contribution is 0.264. The summed E-state index contributed by atoms with van der Waals surface area (Å²) in [5.74, 6) is 0.654. The van der Waals surface area contributed by atoms with Gasteiger partial charge in [0.1, 0.15) is 0 Å². The van der Waals surface area contributed by atoms with E-state index in [1.807, 2.05) is 19.1 Å². The van der Waals surface area contributed by atoms with Crippen molar-refractivity contribution in [2.75, 3.05) is 19.6 Å². The number of likely N-dealkylation sites (tertiary alicyclic amines) is 1. The zero-order chi connectivity index (χ0) is 23.8. The summed E-state index contributed by atoms with van der Waals surface area (Å²) >= 11 is 0. The van der Waals surface area contributed by atoms with Crippen LogP contribution in [0.2, 0.25) is 0 Å². The van der Waals surface area contributed by atoms with E-state index in [0.717, 1.165) is 50.0 Å². The molecule has 0 spiro atoms. The van der Waals surface area contributed by atoms with Crippen molar-refractivity contribution >= 4 is 10.1 Å². The van der Waals surface area contributed by atoms with Crippen molar-refractivity contribution in [3.05, 3.63) is 65.2 Å². The second kappa shape index (κ2) is 11.4. The Morgan fingerprint density at radius 1 is 1.12 bits per heavy atom. The molecule has 0 radical (unpaired) electrons. The first-order chi connectivity index (χ1) is 15.8. The molecule has 2 aliphatic rings. The molecule has 2 saturated heterocycles. The Morgan fingerprint density at radius 2 is 1.82 bits per heavy atom. The highest BCUT2D eigenvalue weighted by atomic mass is 32.2. The third kappa shape index (κ3) is 7.38. The molecule has 8 heteroatoms. The molecule has 2 N–H and O–H groups in total. The Morgan fingerprint density at radius 3 is 2.42 bits per heavy atom. The zero-order valence-electron chi connectivity index (χ0n) is 18.8. The molecule has 33 heavy (non-hydrogen) atoms. The molecule has 4 rings (SSSR count). The molecule has 3 atom stereocenters. The molecule has 2 fully saturated rings. The van der Waals surface area contributed by atoms with Crippen LogP contribution in [0.3, 0.4) is 0 Å². The third-order valence-corrected chi connectivity index (χ3v) is 7.07. The van der Waals surface area contributed by atoms with Gasteiger partial charge in [0.05, 0.1) is 28.6 Å². The Bertz CT molecular complexity index is 1100. The summed E-state index contributed by atoms with van der Waals surface area (Å²) in [4.78, 5) is 2.27. The van der Waals surface area contributed by atoms with Crippen LogP contribution in [0, 0.1) is 35.5 Å². The number of nitriles is 2. The van der Waals surface area contributed by atoms with Crippen LogP contribution >= 0.6 is 0 Å². The molecule has 174 valence electrons. The van der Waals surface area contributed by atoms with Crippen LogP contribution in [-0.2, 0) is 16.5 Å². The molecule has 0 saturated carbocycles. The van der Waals surface area contributed by atoms with Gasteiger partial charge in [-0.3, -0.25) is 9.45 Å². The number of nitrogens with zero attached hydrogens (tertiary/aromatic N) is 3. The van der Waals surface area contributed by atoms with E-state index in [0.29, 0.717) is 12.0 Å². The van der Waals surface area contributed by atoms with Crippen LogP contribution in [0.25, 0.3) is 0 Å². The fraction of sp³-hybridized carbons (Fsp3) is 0.440. The molecule has 0 bridgehead atoms. The quantitative estimate of drug-likeness (QED) is 0.649.